The fourth-order valence-electron chi connectivity index (χ4n) is 1.42. The Bertz CT molecular complexity index is 336. The molecule has 0 saturated heterocycles. The molecule has 1 heterocycles. The minimum absolute atomic E-state index is 0.155. The number of rotatable bonds is 2. The molecule has 2 rings (SSSR count). The molecule has 3 heteroatoms. The molecule has 1 aliphatic heterocycles. The van der Waals surface area contributed by atoms with Crippen LogP contribution in [0.4, 0.5) is 0 Å². The molecule has 3 nitrogen and oxygen atoms in total. The molecular weight excluding hydrogens is 178 g/mol. The number of hydrogen-bond donors (Lipinski definition) is 1. The molecule has 0 bridgehead atoms. The SMILES string of the molecule is CC(C)C1Oc2ccc(CN)cc2O1. The fourth-order valence-corrected chi connectivity index (χ4v) is 1.42. The van der Waals surface area contributed by atoms with Crippen molar-refractivity contribution in [2.24, 2.45) is 11.7 Å². The van der Waals surface area contributed by atoms with Crippen molar-refractivity contribution in [2.75, 3.05) is 0 Å². The number of ether oxygens (including phenoxy) is 2. The summed E-state index contributed by atoms with van der Waals surface area (Å²) in [7, 11) is 0. The highest BCUT2D eigenvalue weighted by atomic mass is 16.7. The largest absolute Gasteiger partial charge is 0.451 e. The van der Waals surface area contributed by atoms with Gasteiger partial charge in [-0.05, 0) is 17.7 Å². The molecular formula is C11H15NO2. The number of benzene rings is 1. The van der Waals surface area contributed by atoms with Crippen molar-refractivity contribution in [3.05, 3.63) is 23.8 Å². The Kier molecular flexibility index (Phi) is 2.33. The molecule has 76 valence electrons. The van der Waals surface area contributed by atoms with Gasteiger partial charge in [-0.2, -0.15) is 0 Å². The zero-order chi connectivity index (χ0) is 10.1. The Morgan fingerprint density at radius 2 is 2.00 bits per heavy atom. The van der Waals surface area contributed by atoms with Gasteiger partial charge in [0.25, 0.3) is 0 Å². The van der Waals surface area contributed by atoms with Crippen LogP contribution in [-0.4, -0.2) is 6.29 Å². The molecule has 2 N–H and O–H groups in total. The van der Waals surface area contributed by atoms with E-state index >= 15 is 0 Å². The van der Waals surface area contributed by atoms with Crippen LogP contribution in [0.15, 0.2) is 18.2 Å². The van der Waals surface area contributed by atoms with Gasteiger partial charge >= 0.3 is 0 Å². The highest BCUT2D eigenvalue weighted by molar-refractivity contribution is 5.45. The standard InChI is InChI=1S/C11H15NO2/c1-7(2)11-13-9-4-3-8(6-12)5-10(9)14-11/h3-5,7,11H,6,12H2,1-2H3. The van der Waals surface area contributed by atoms with E-state index in [1.807, 2.05) is 18.2 Å². The van der Waals surface area contributed by atoms with Crippen molar-refractivity contribution in [1.82, 2.24) is 0 Å². The third-order valence-corrected chi connectivity index (χ3v) is 2.27. The maximum Gasteiger partial charge on any atom is 0.243 e. The summed E-state index contributed by atoms with van der Waals surface area (Å²) in [6.07, 6.45) is -0.155. The summed E-state index contributed by atoms with van der Waals surface area (Å²) < 4.78 is 11.2. The summed E-state index contributed by atoms with van der Waals surface area (Å²) in [5.74, 6) is 1.98. The van der Waals surface area contributed by atoms with Gasteiger partial charge in [0.15, 0.2) is 11.5 Å². The molecule has 0 aliphatic carbocycles. The molecule has 14 heavy (non-hydrogen) atoms. The first-order chi connectivity index (χ1) is 6.70. The Hall–Kier alpha value is -1.22. The zero-order valence-corrected chi connectivity index (χ0v) is 8.49. The molecule has 0 fully saturated rings. The monoisotopic (exact) mass is 193 g/mol. The lowest BCUT2D eigenvalue weighted by molar-refractivity contribution is 0.00910. The van der Waals surface area contributed by atoms with Gasteiger partial charge in [-0.3, -0.25) is 0 Å². The lowest BCUT2D eigenvalue weighted by Gasteiger charge is -2.12. The summed E-state index contributed by atoms with van der Waals surface area (Å²) in [6.45, 7) is 4.67. The molecule has 1 aromatic rings. The van der Waals surface area contributed by atoms with E-state index in [1.165, 1.54) is 0 Å². The van der Waals surface area contributed by atoms with Crippen molar-refractivity contribution >= 4 is 0 Å². The van der Waals surface area contributed by atoms with Crippen molar-refractivity contribution in [2.45, 2.75) is 26.7 Å². The second-order valence-electron chi connectivity index (χ2n) is 3.83. The van der Waals surface area contributed by atoms with Gasteiger partial charge in [0.2, 0.25) is 6.29 Å². The van der Waals surface area contributed by atoms with E-state index in [-0.39, 0.29) is 6.29 Å². The average molecular weight is 193 g/mol. The van der Waals surface area contributed by atoms with Crippen LogP contribution in [-0.2, 0) is 6.54 Å². The summed E-state index contributed by atoms with van der Waals surface area (Å²) >= 11 is 0. The van der Waals surface area contributed by atoms with Crippen LogP contribution in [0.2, 0.25) is 0 Å². The molecule has 1 aromatic carbocycles. The first kappa shape index (κ1) is 9.34. The summed E-state index contributed by atoms with van der Waals surface area (Å²) in [5.41, 5.74) is 6.61. The van der Waals surface area contributed by atoms with E-state index in [4.69, 9.17) is 15.2 Å². The van der Waals surface area contributed by atoms with Crippen molar-refractivity contribution in [3.8, 4) is 11.5 Å². The van der Waals surface area contributed by atoms with E-state index in [0.717, 1.165) is 17.1 Å². The molecule has 0 spiro atoms. The predicted molar refractivity (Wildman–Crippen MR) is 54.2 cm³/mol. The zero-order valence-electron chi connectivity index (χ0n) is 8.49. The van der Waals surface area contributed by atoms with Gasteiger partial charge in [-0.15, -0.1) is 0 Å². The molecule has 0 aromatic heterocycles. The Balaban J connectivity index is 2.22. The van der Waals surface area contributed by atoms with Crippen LogP contribution in [0.1, 0.15) is 19.4 Å². The molecule has 0 amide bonds. The van der Waals surface area contributed by atoms with Gasteiger partial charge in [0.05, 0.1) is 0 Å². The van der Waals surface area contributed by atoms with Crippen molar-refractivity contribution in [3.63, 3.8) is 0 Å². The average Bonchev–Trinajstić information content (AvgIpc) is 2.59. The number of fused-ring (bicyclic) bond motifs is 1. The highest BCUT2D eigenvalue weighted by Crippen LogP contribution is 2.37. The van der Waals surface area contributed by atoms with Crippen LogP contribution in [0.3, 0.4) is 0 Å². The second-order valence-corrected chi connectivity index (χ2v) is 3.83. The fraction of sp³-hybridized carbons (Fsp3) is 0.455. The second kappa shape index (κ2) is 3.50. The number of nitrogens with two attached hydrogens (primary N) is 1. The molecule has 0 saturated carbocycles. The van der Waals surface area contributed by atoms with E-state index in [9.17, 15) is 0 Å². The maximum atomic E-state index is 5.63. The molecule has 1 atom stereocenters. The van der Waals surface area contributed by atoms with Crippen LogP contribution >= 0.6 is 0 Å². The Labute approximate surface area is 83.8 Å². The van der Waals surface area contributed by atoms with Crippen LogP contribution in [0.25, 0.3) is 0 Å². The smallest absolute Gasteiger partial charge is 0.243 e. The van der Waals surface area contributed by atoms with Gasteiger partial charge in [-0.1, -0.05) is 19.9 Å². The lowest BCUT2D eigenvalue weighted by atomic mass is 10.2. The Morgan fingerprint density at radius 3 is 2.64 bits per heavy atom. The molecule has 1 unspecified atom stereocenters. The van der Waals surface area contributed by atoms with Crippen LogP contribution in [0, 0.1) is 5.92 Å². The lowest BCUT2D eigenvalue weighted by Crippen LogP contribution is -2.24. The number of hydrogen-bond acceptors (Lipinski definition) is 3. The van der Waals surface area contributed by atoms with Gasteiger partial charge < -0.3 is 15.2 Å². The van der Waals surface area contributed by atoms with Gasteiger partial charge in [0, 0.05) is 12.5 Å². The highest BCUT2D eigenvalue weighted by Gasteiger charge is 2.26. The topological polar surface area (TPSA) is 44.5 Å². The first-order valence-electron chi connectivity index (χ1n) is 4.87. The summed E-state index contributed by atoms with van der Waals surface area (Å²) in [4.78, 5) is 0. The minimum Gasteiger partial charge on any atom is -0.451 e. The third kappa shape index (κ3) is 1.55. The van der Waals surface area contributed by atoms with Gasteiger partial charge in [-0.25, -0.2) is 0 Å². The van der Waals surface area contributed by atoms with Crippen molar-refractivity contribution in [1.29, 1.82) is 0 Å². The van der Waals surface area contributed by atoms with Crippen molar-refractivity contribution < 1.29 is 9.47 Å². The van der Waals surface area contributed by atoms with E-state index in [0.29, 0.717) is 12.5 Å². The predicted octanol–water partition coefficient (Wildman–Crippen LogP) is 1.90. The van der Waals surface area contributed by atoms with Crippen LogP contribution < -0.4 is 15.2 Å². The van der Waals surface area contributed by atoms with E-state index in [2.05, 4.69) is 13.8 Å². The summed E-state index contributed by atoms with van der Waals surface area (Å²) in [5, 5.41) is 0. The molecule has 1 aliphatic rings. The minimum atomic E-state index is -0.155. The molecule has 0 radical (unpaired) electrons. The third-order valence-electron chi connectivity index (χ3n) is 2.27. The normalized spacial score (nSPS) is 19.0. The first-order valence-corrected chi connectivity index (χ1v) is 4.87. The van der Waals surface area contributed by atoms with Crippen LogP contribution in [0.5, 0.6) is 11.5 Å². The maximum absolute atomic E-state index is 5.63. The van der Waals surface area contributed by atoms with E-state index < -0.39 is 0 Å². The quantitative estimate of drug-likeness (QED) is 0.780. The van der Waals surface area contributed by atoms with E-state index in [1.54, 1.807) is 0 Å². The Morgan fingerprint density at radius 1 is 1.29 bits per heavy atom. The van der Waals surface area contributed by atoms with Gasteiger partial charge in [0.1, 0.15) is 0 Å². The summed E-state index contributed by atoms with van der Waals surface area (Å²) in [6, 6.07) is 5.82.